The van der Waals surface area contributed by atoms with Crippen LogP contribution in [0.25, 0.3) is 0 Å². The molecular formula is C12H21ClN4O3. The van der Waals surface area contributed by atoms with Crippen LogP contribution in [0.5, 0.6) is 0 Å². The Kier molecular flexibility index (Phi) is 8.25. The van der Waals surface area contributed by atoms with Crippen LogP contribution < -0.4 is 0 Å². The van der Waals surface area contributed by atoms with Gasteiger partial charge in [-0.25, -0.2) is 9.98 Å². The molecule has 114 valence electrons. The summed E-state index contributed by atoms with van der Waals surface area (Å²) in [5.41, 5.74) is 0. The number of nitrogens with zero attached hydrogens (tertiary/aromatic N) is 4. The number of rotatable bonds is 6. The predicted molar refractivity (Wildman–Crippen MR) is 76.4 cm³/mol. The lowest BCUT2D eigenvalue weighted by Crippen LogP contribution is -2.29. The standard InChI is InChI=1S/C12H20N4O3.ClH/c1-9(10-7-11(17)16(19)12(10)18)14-8-13-5-4-6-15(2)3;/h9-10,19H,4-7H2,1-3H3;1H. The third-order valence-corrected chi connectivity index (χ3v) is 2.95. The minimum atomic E-state index is -0.609. The van der Waals surface area contributed by atoms with Gasteiger partial charge in [0, 0.05) is 6.42 Å². The van der Waals surface area contributed by atoms with Gasteiger partial charge in [-0.1, -0.05) is 0 Å². The second kappa shape index (κ2) is 8.81. The summed E-state index contributed by atoms with van der Waals surface area (Å²) < 4.78 is 0. The quantitative estimate of drug-likeness (QED) is 0.338. The lowest BCUT2D eigenvalue weighted by molar-refractivity contribution is -0.172. The maximum absolute atomic E-state index is 11.5. The lowest BCUT2D eigenvalue weighted by atomic mass is 10.0. The van der Waals surface area contributed by atoms with Gasteiger partial charge in [-0.15, -0.1) is 12.4 Å². The molecule has 2 amide bonds. The van der Waals surface area contributed by atoms with Gasteiger partial charge >= 0.3 is 0 Å². The van der Waals surface area contributed by atoms with E-state index in [1.165, 1.54) is 0 Å². The molecule has 0 aromatic rings. The van der Waals surface area contributed by atoms with E-state index in [0.717, 1.165) is 13.0 Å². The lowest BCUT2D eigenvalue weighted by Gasteiger charge is -2.09. The molecule has 2 atom stereocenters. The molecule has 0 aromatic carbocycles. The van der Waals surface area contributed by atoms with Crippen LogP contribution >= 0.6 is 12.4 Å². The van der Waals surface area contributed by atoms with Gasteiger partial charge in [-0.3, -0.25) is 14.8 Å². The molecule has 1 aliphatic rings. The van der Waals surface area contributed by atoms with Crippen molar-refractivity contribution in [2.24, 2.45) is 15.9 Å². The molecule has 2 unspecified atom stereocenters. The van der Waals surface area contributed by atoms with Crippen LogP contribution in [0.4, 0.5) is 0 Å². The van der Waals surface area contributed by atoms with E-state index in [1.54, 1.807) is 6.92 Å². The first kappa shape index (κ1) is 18.7. The maximum Gasteiger partial charge on any atom is 0.259 e. The van der Waals surface area contributed by atoms with Crippen LogP contribution in [0.3, 0.4) is 0 Å². The Morgan fingerprint density at radius 1 is 1.50 bits per heavy atom. The van der Waals surface area contributed by atoms with Crippen molar-refractivity contribution >= 4 is 30.2 Å². The maximum atomic E-state index is 11.5. The van der Waals surface area contributed by atoms with E-state index in [9.17, 15) is 9.59 Å². The summed E-state index contributed by atoms with van der Waals surface area (Å²) in [5, 5.41) is 9.29. The first-order valence-corrected chi connectivity index (χ1v) is 6.25. The zero-order chi connectivity index (χ0) is 14.4. The molecule has 8 heteroatoms. The average Bonchev–Trinajstić information content (AvgIpc) is 2.61. The van der Waals surface area contributed by atoms with E-state index < -0.39 is 23.8 Å². The van der Waals surface area contributed by atoms with E-state index in [1.807, 2.05) is 14.1 Å². The van der Waals surface area contributed by atoms with E-state index in [0.29, 0.717) is 6.54 Å². The first-order chi connectivity index (χ1) is 8.93. The predicted octanol–water partition coefficient (Wildman–Crippen LogP) is 0.687. The summed E-state index contributed by atoms with van der Waals surface area (Å²) in [5.74, 6) is -1.79. The second-order valence-electron chi connectivity index (χ2n) is 4.86. The van der Waals surface area contributed by atoms with E-state index in [4.69, 9.17) is 5.21 Å². The number of hydrogen-bond acceptors (Lipinski definition) is 6. The molecule has 7 nitrogen and oxygen atoms in total. The van der Waals surface area contributed by atoms with E-state index in [-0.39, 0.29) is 23.9 Å². The van der Waals surface area contributed by atoms with Crippen molar-refractivity contribution in [2.75, 3.05) is 27.2 Å². The van der Waals surface area contributed by atoms with Gasteiger partial charge in [-0.2, -0.15) is 5.06 Å². The van der Waals surface area contributed by atoms with Crippen molar-refractivity contribution in [1.29, 1.82) is 0 Å². The highest BCUT2D eigenvalue weighted by molar-refractivity contribution is 6.02. The fourth-order valence-electron chi connectivity index (χ4n) is 1.76. The summed E-state index contributed by atoms with van der Waals surface area (Å²) in [6.45, 7) is 3.27. The zero-order valence-electron chi connectivity index (χ0n) is 11.9. The molecule has 0 aromatic heterocycles. The van der Waals surface area contributed by atoms with Crippen molar-refractivity contribution in [1.82, 2.24) is 9.96 Å². The Bertz CT molecular complexity index is 408. The fraction of sp³-hybridized carbons (Fsp3) is 0.750. The molecule has 1 N–H and O–H groups in total. The van der Waals surface area contributed by atoms with Gasteiger partial charge < -0.3 is 4.90 Å². The molecule has 1 fully saturated rings. The van der Waals surface area contributed by atoms with Gasteiger partial charge in [0.15, 0.2) is 0 Å². The van der Waals surface area contributed by atoms with E-state index >= 15 is 0 Å². The number of amides is 2. The third kappa shape index (κ3) is 5.38. The summed E-state index contributed by atoms with van der Waals surface area (Å²) in [6.07, 6.45) is 0.900. The van der Waals surface area contributed by atoms with Gasteiger partial charge in [0.05, 0.1) is 24.5 Å². The fourth-order valence-corrected chi connectivity index (χ4v) is 1.76. The average molecular weight is 305 g/mol. The number of imide groups is 1. The number of aliphatic imine (C=N–C) groups is 2. The molecular weight excluding hydrogens is 284 g/mol. The highest BCUT2D eigenvalue weighted by atomic mass is 35.5. The molecule has 1 saturated heterocycles. The van der Waals surface area contributed by atoms with Crippen molar-refractivity contribution in [2.45, 2.75) is 25.8 Å². The number of hydrogen-bond donors (Lipinski definition) is 1. The molecule has 1 heterocycles. The van der Waals surface area contributed by atoms with Gasteiger partial charge in [0.25, 0.3) is 11.8 Å². The number of hydroxylamine groups is 2. The minimum absolute atomic E-state index is 0. The topological polar surface area (TPSA) is 85.6 Å². The second-order valence-corrected chi connectivity index (χ2v) is 4.86. The van der Waals surface area contributed by atoms with Crippen molar-refractivity contribution in [3.8, 4) is 0 Å². The monoisotopic (exact) mass is 304 g/mol. The van der Waals surface area contributed by atoms with Crippen LogP contribution in [0.1, 0.15) is 19.8 Å². The Hall–Kier alpha value is -1.27. The normalized spacial score (nSPS) is 19.6. The van der Waals surface area contributed by atoms with Gasteiger partial charge in [0.1, 0.15) is 0 Å². The summed E-state index contributed by atoms with van der Waals surface area (Å²) in [6, 6.07) is 2.14. The SMILES string of the molecule is CC(N=C=NCCCN(C)C)C1CC(=O)N(O)C1=O.Cl. The number of carbonyl (C=O) groups is 2. The zero-order valence-corrected chi connectivity index (χ0v) is 12.8. The largest absolute Gasteiger partial charge is 0.309 e. The Labute approximate surface area is 124 Å². The molecule has 0 bridgehead atoms. The highest BCUT2D eigenvalue weighted by Gasteiger charge is 2.41. The third-order valence-electron chi connectivity index (χ3n) is 2.95. The molecule has 1 aliphatic heterocycles. The van der Waals surface area contributed by atoms with Crippen LogP contribution in [0.15, 0.2) is 9.98 Å². The van der Waals surface area contributed by atoms with Crippen molar-refractivity contribution < 1.29 is 14.8 Å². The molecule has 0 radical (unpaired) electrons. The van der Waals surface area contributed by atoms with E-state index in [2.05, 4.69) is 20.9 Å². The smallest absolute Gasteiger partial charge is 0.259 e. The van der Waals surface area contributed by atoms with Crippen LogP contribution in [-0.4, -0.2) is 66.2 Å². The molecule has 0 saturated carbocycles. The van der Waals surface area contributed by atoms with Crippen molar-refractivity contribution in [3.05, 3.63) is 0 Å². The van der Waals surface area contributed by atoms with Gasteiger partial charge in [-0.05, 0) is 34.0 Å². The number of halogens is 1. The Morgan fingerprint density at radius 2 is 2.15 bits per heavy atom. The molecule has 20 heavy (non-hydrogen) atoms. The Morgan fingerprint density at radius 3 is 2.65 bits per heavy atom. The van der Waals surface area contributed by atoms with Crippen LogP contribution in [-0.2, 0) is 9.59 Å². The molecule has 0 aliphatic carbocycles. The van der Waals surface area contributed by atoms with Crippen LogP contribution in [0.2, 0.25) is 0 Å². The van der Waals surface area contributed by atoms with Crippen molar-refractivity contribution in [3.63, 3.8) is 0 Å². The first-order valence-electron chi connectivity index (χ1n) is 6.25. The summed E-state index contributed by atoms with van der Waals surface area (Å²) in [4.78, 5) is 32.7. The minimum Gasteiger partial charge on any atom is -0.309 e. The summed E-state index contributed by atoms with van der Waals surface area (Å²) in [7, 11) is 3.98. The molecule has 1 rings (SSSR count). The molecule has 0 spiro atoms. The summed E-state index contributed by atoms with van der Waals surface area (Å²) >= 11 is 0. The van der Waals surface area contributed by atoms with Gasteiger partial charge in [0.2, 0.25) is 0 Å². The highest BCUT2D eigenvalue weighted by Crippen LogP contribution is 2.22. The van der Waals surface area contributed by atoms with Crippen LogP contribution in [0, 0.1) is 5.92 Å². The number of carbonyl (C=O) groups excluding carboxylic acids is 2. The Balaban J connectivity index is 0.00000361.